The number of carbonyl (C=O) groups is 1. The Morgan fingerprint density at radius 2 is 1.58 bits per heavy atom. The smallest absolute Gasteiger partial charge is 0.363 e. The Bertz CT molecular complexity index is 1000. The summed E-state index contributed by atoms with van der Waals surface area (Å²) in [5.41, 5.74) is 3.28. The first kappa shape index (κ1) is 14.4. The molecule has 116 valence electrons. The molecule has 0 spiro atoms. The number of aryl methyl sites for hydroxylation is 1. The second-order valence-corrected chi connectivity index (χ2v) is 5.72. The van der Waals surface area contributed by atoms with Gasteiger partial charge in [0.25, 0.3) is 0 Å². The van der Waals surface area contributed by atoms with E-state index in [1.807, 2.05) is 48.5 Å². The number of benzene rings is 3. The fourth-order valence-electron chi connectivity index (χ4n) is 2.86. The summed E-state index contributed by atoms with van der Waals surface area (Å²) in [5.74, 6) is -0.0678. The van der Waals surface area contributed by atoms with Crippen molar-refractivity contribution >= 4 is 28.7 Å². The maximum Gasteiger partial charge on any atom is 0.363 e. The van der Waals surface area contributed by atoms with Crippen LogP contribution in [0.3, 0.4) is 0 Å². The van der Waals surface area contributed by atoms with Crippen molar-refractivity contribution in [3.63, 3.8) is 0 Å². The highest BCUT2D eigenvalue weighted by Crippen LogP contribution is 2.26. The average molecular weight is 313 g/mol. The first-order valence-corrected chi connectivity index (χ1v) is 7.79. The van der Waals surface area contributed by atoms with Crippen molar-refractivity contribution in [1.29, 1.82) is 0 Å². The number of esters is 1. The molecule has 3 heteroatoms. The van der Waals surface area contributed by atoms with Gasteiger partial charge in [0.15, 0.2) is 5.70 Å². The molecule has 0 N–H and O–H groups in total. The summed E-state index contributed by atoms with van der Waals surface area (Å²) in [7, 11) is 0. The molecule has 0 aromatic heterocycles. The summed E-state index contributed by atoms with van der Waals surface area (Å²) in [5, 5.41) is 2.27. The van der Waals surface area contributed by atoms with Gasteiger partial charge >= 0.3 is 5.97 Å². The molecule has 1 aliphatic heterocycles. The van der Waals surface area contributed by atoms with Gasteiger partial charge in [-0.1, -0.05) is 54.6 Å². The van der Waals surface area contributed by atoms with Crippen molar-refractivity contribution in [2.45, 2.75) is 6.92 Å². The third kappa shape index (κ3) is 2.50. The summed E-state index contributed by atoms with van der Waals surface area (Å²) < 4.78 is 5.31. The predicted molar refractivity (Wildman–Crippen MR) is 95.7 cm³/mol. The molecule has 3 nitrogen and oxygen atoms in total. The number of fused-ring (bicyclic) bond motifs is 1. The predicted octanol–water partition coefficient (Wildman–Crippen LogP) is 4.49. The SMILES string of the molecule is Cc1ccc(/C=C2/N=C(c3ccccc3)OC2=O)c2ccccc12. The van der Waals surface area contributed by atoms with Gasteiger partial charge in [-0.05, 0) is 47.0 Å². The van der Waals surface area contributed by atoms with Crippen LogP contribution in [0, 0.1) is 6.92 Å². The maximum absolute atomic E-state index is 12.2. The summed E-state index contributed by atoms with van der Waals surface area (Å²) in [6, 6.07) is 21.6. The van der Waals surface area contributed by atoms with E-state index in [-0.39, 0.29) is 0 Å². The highest BCUT2D eigenvalue weighted by molar-refractivity contribution is 6.13. The Morgan fingerprint density at radius 3 is 2.38 bits per heavy atom. The second kappa shape index (κ2) is 5.78. The minimum atomic E-state index is -0.418. The van der Waals surface area contributed by atoms with Crippen LogP contribution in [0.4, 0.5) is 0 Å². The molecular formula is C21H15NO2. The Morgan fingerprint density at radius 1 is 0.875 bits per heavy atom. The zero-order valence-electron chi connectivity index (χ0n) is 13.2. The Labute approximate surface area is 139 Å². The number of carbonyl (C=O) groups excluding carboxylic acids is 1. The second-order valence-electron chi connectivity index (χ2n) is 5.72. The molecule has 0 unspecified atom stereocenters. The lowest BCUT2D eigenvalue weighted by molar-refractivity contribution is -0.129. The van der Waals surface area contributed by atoms with E-state index in [1.165, 1.54) is 10.9 Å². The van der Waals surface area contributed by atoms with Crippen molar-refractivity contribution in [2.75, 3.05) is 0 Å². The largest absolute Gasteiger partial charge is 0.402 e. The molecule has 0 aliphatic carbocycles. The molecule has 3 aromatic carbocycles. The van der Waals surface area contributed by atoms with Gasteiger partial charge < -0.3 is 4.74 Å². The van der Waals surface area contributed by atoms with E-state index in [0.717, 1.165) is 16.5 Å². The van der Waals surface area contributed by atoms with Crippen molar-refractivity contribution in [3.05, 3.63) is 89.1 Å². The van der Waals surface area contributed by atoms with Crippen LogP contribution >= 0.6 is 0 Å². The van der Waals surface area contributed by atoms with Crippen LogP contribution in [0.2, 0.25) is 0 Å². The molecule has 4 rings (SSSR count). The van der Waals surface area contributed by atoms with Crippen molar-refractivity contribution in [3.8, 4) is 0 Å². The van der Waals surface area contributed by atoms with Gasteiger partial charge in [0.2, 0.25) is 5.90 Å². The van der Waals surface area contributed by atoms with E-state index in [2.05, 4.69) is 30.1 Å². The van der Waals surface area contributed by atoms with Gasteiger partial charge in [-0.2, -0.15) is 0 Å². The lowest BCUT2D eigenvalue weighted by Gasteiger charge is -2.05. The number of cyclic esters (lactones) is 1. The van der Waals surface area contributed by atoms with Crippen molar-refractivity contribution in [2.24, 2.45) is 4.99 Å². The highest BCUT2D eigenvalue weighted by atomic mass is 16.6. The van der Waals surface area contributed by atoms with Gasteiger partial charge in [0.1, 0.15) is 0 Å². The molecule has 0 saturated carbocycles. The minimum Gasteiger partial charge on any atom is -0.402 e. The first-order valence-electron chi connectivity index (χ1n) is 7.79. The van der Waals surface area contributed by atoms with E-state index in [1.54, 1.807) is 6.08 Å². The van der Waals surface area contributed by atoms with Crippen LogP contribution in [-0.2, 0) is 9.53 Å². The molecule has 1 heterocycles. The molecule has 3 aromatic rings. The quantitative estimate of drug-likeness (QED) is 0.516. The zero-order chi connectivity index (χ0) is 16.5. The minimum absolute atomic E-state index is 0.322. The molecule has 0 radical (unpaired) electrons. The summed E-state index contributed by atoms with van der Waals surface area (Å²) in [4.78, 5) is 16.5. The fourth-order valence-corrected chi connectivity index (χ4v) is 2.86. The number of ether oxygens (including phenoxy) is 1. The molecule has 0 bridgehead atoms. The topological polar surface area (TPSA) is 38.7 Å². The molecule has 1 aliphatic rings. The van der Waals surface area contributed by atoms with Crippen molar-refractivity contribution in [1.82, 2.24) is 0 Å². The monoisotopic (exact) mass is 313 g/mol. The van der Waals surface area contributed by atoms with E-state index >= 15 is 0 Å². The normalized spacial score (nSPS) is 15.6. The Kier molecular flexibility index (Phi) is 3.47. The van der Waals surface area contributed by atoms with Crippen LogP contribution < -0.4 is 0 Å². The van der Waals surface area contributed by atoms with Gasteiger partial charge in [-0.3, -0.25) is 0 Å². The zero-order valence-corrected chi connectivity index (χ0v) is 13.2. The molecular weight excluding hydrogens is 298 g/mol. The van der Waals surface area contributed by atoms with Gasteiger partial charge in [-0.15, -0.1) is 0 Å². The van der Waals surface area contributed by atoms with Gasteiger partial charge in [0.05, 0.1) is 0 Å². The van der Waals surface area contributed by atoms with Gasteiger partial charge in [-0.25, -0.2) is 9.79 Å². The van der Waals surface area contributed by atoms with E-state index < -0.39 is 5.97 Å². The molecule has 0 atom stereocenters. The number of rotatable bonds is 2. The summed E-state index contributed by atoms with van der Waals surface area (Å²) in [6.45, 7) is 2.08. The van der Waals surface area contributed by atoms with E-state index in [0.29, 0.717) is 11.6 Å². The third-order valence-electron chi connectivity index (χ3n) is 4.11. The number of hydrogen-bond acceptors (Lipinski definition) is 3. The average Bonchev–Trinajstić information content (AvgIpc) is 2.99. The maximum atomic E-state index is 12.2. The Hall–Kier alpha value is -3.20. The van der Waals surface area contributed by atoms with Crippen LogP contribution in [0.15, 0.2) is 77.4 Å². The summed E-state index contributed by atoms with van der Waals surface area (Å²) in [6.07, 6.45) is 1.79. The lowest BCUT2D eigenvalue weighted by Crippen LogP contribution is -2.04. The standard InChI is InChI=1S/C21H15NO2/c1-14-11-12-16(18-10-6-5-9-17(14)18)13-19-21(23)24-20(22-19)15-7-3-2-4-8-15/h2-13H,1H3/b19-13+. The van der Waals surface area contributed by atoms with E-state index in [4.69, 9.17) is 4.74 Å². The lowest BCUT2D eigenvalue weighted by atomic mass is 10.00. The van der Waals surface area contributed by atoms with Crippen molar-refractivity contribution < 1.29 is 9.53 Å². The van der Waals surface area contributed by atoms with Gasteiger partial charge in [0, 0.05) is 5.56 Å². The van der Waals surface area contributed by atoms with Crippen LogP contribution in [0.1, 0.15) is 16.7 Å². The van der Waals surface area contributed by atoms with Crippen LogP contribution in [0.25, 0.3) is 16.8 Å². The Balaban J connectivity index is 1.80. The molecule has 24 heavy (non-hydrogen) atoms. The number of nitrogens with zero attached hydrogens (tertiary/aromatic N) is 1. The number of aliphatic imine (C=N–C) groups is 1. The molecule has 0 fully saturated rings. The fraction of sp³-hybridized carbons (Fsp3) is 0.0476. The molecule has 0 saturated heterocycles. The summed E-state index contributed by atoms with van der Waals surface area (Å²) >= 11 is 0. The van der Waals surface area contributed by atoms with Crippen LogP contribution in [0.5, 0.6) is 0 Å². The molecule has 0 amide bonds. The number of hydrogen-bond donors (Lipinski definition) is 0. The first-order chi connectivity index (χ1) is 11.7. The third-order valence-corrected chi connectivity index (χ3v) is 4.11. The van der Waals surface area contributed by atoms with Crippen LogP contribution in [-0.4, -0.2) is 11.9 Å². The van der Waals surface area contributed by atoms with E-state index in [9.17, 15) is 4.79 Å². The highest BCUT2D eigenvalue weighted by Gasteiger charge is 2.24.